The van der Waals surface area contributed by atoms with Gasteiger partial charge >= 0.3 is 0 Å². The van der Waals surface area contributed by atoms with Crippen LogP contribution < -0.4 is 16.4 Å². The molecule has 1 aromatic heterocycles. The molecule has 0 unspecified atom stereocenters. The van der Waals surface area contributed by atoms with Gasteiger partial charge in [0.2, 0.25) is 5.91 Å². The summed E-state index contributed by atoms with van der Waals surface area (Å²) < 4.78 is 27.5. The van der Waals surface area contributed by atoms with Crippen LogP contribution in [0.5, 0.6) is 0 Å². The van der Waals surface area contributed by atoms with Crippen molar-refractivity contribution in [3.63, 3.8) is 0 Å². The number of carbonyl (C=O) groups excluding carboxylic acids is 2. The highest BCUT2D eigenvalue weighted by Gasteiger charge is 2.27. The van der Waals surface area contributed by atoms with E-state index in [0.29, 0.717) is 17.7 Å². The van der Waals surface area contributed by atoms with E-state index >= 15 is 0 Å². The zero-order chi connectivity index (χ0) is 26.3. The number of carbonyl (C=O) groups is 2. The maximum atomic E-state index is 12.9. The molecule has 9 nitrogen and oxygen atoms in total. The van der Waals surface area contributed by atoms with Crippen LogP contribution in [0.15, 0.2) is 59.5 Å². The van der Waals surface area contributed by atoms with Crippen molar-refractivity contribution in [3.8, 4) is 0 Å². The summed E-state index contributed by atoms with van der Waals surface area (Å²) in [6, 6.07) is 15.0. The molecular formula is C25H32N4O5S2. The smallest absolute Gasteiger partial charge is 0.267 e. The fraction of sp³-hybridized carbons (Fsp3) is 0.360. The predicted octanol–water partition coefficient (Wildman–Crippen LogP) is 3.39. The number of nitrogen functional groups attached to an aromatic ring is 1. The number of thiophene rings is 1. The van der Waals surface area contributed by atoms with E-state index in [-0.39, 0.29) is 41.4 Å². The van der Waals surface area contributed by atoms with Crippen LogP contribution in [0.4, 0.5) is 5.69 Å². The third kappa shape index (κ3) is 6.82. The zero-order valence-corrected chi connectivity index (χ0v) is 22.2. The number of rotatable bonds is 12. The zero-order valence-electron chi connectivity index (χ0n) is 20.6. The third-order valence-corrected chi connectivity index (χ3v) is 8.37. The topological polar surface area (TPSA) is 131 Å². The van der Waals surface area contributed by atoms with Gasteiger partial charge in [-0.15, -0.1) is 11.3 Å². The standard InChI is InChI=1S/C25H32N4O5S2/c1-17(2)15-20(28-25(31)22-16-18-9-4-6-11-21(18)35-22)24(30)27-13-8-14-29(34-3)36(32,33)23-12-7-5-10-19(23)26/h4-7,9-12,16-17,20H,8,13-15,26H2,1-3H3,(H,27,30)(H,28,31)/t20-/m0/s1. The van der Waals surface area contributed by atoms with Gasteiger partial charge in [0.25, 0.3) is 15.9 Å². The molecule has 3 aromatic rings. The first-order valence-corrected chi connectivity index (χ1v) is 13.9. The number of hydrogen-bond acceptors (Lipinski definition) is 7. The maximum Gasteiger partial charge on any atom is 0.267 e. The first kappa shape index (κ1) is 27.6. The summed E-state index contributed by atoms with van der Waals surface area (Å²) in [5.74, 6) is -0.444. The summed E-state index contributed by atoms with van der Waals surface area (Å²) in [6.45, 7) is 4.16. The molecule has 0 saturated carbocycles. The Labute approximate surface area is 215 Å². The second-order valence-corrected chi connectivity index (χ2v) is 11.6. The van der Waals surface area contributed by atoms with E-state index < -0.39 is 16.1 Å². The SMILES string of the molecule is CON(CCCNC(=O)[C@H](CC(C)C)NC(=O)c1cc2ccccc2s1)S(=O)(=O)c1ccccc1N. The average molecular weight is 533 g/mol. The molecular weight excluding hydrogens is 500 g/mol. The van der Waals surface area contributed by atoms with E-state index in [1.165, 1.54) is 30.6 Å². The number of hydroxylamine groups is 1. The fourth-order valence-electron chi connectivity index (χ4n) is 3.70. The molecule has 4 N–H and O–H groups in total. The molecule has 0 saturated heterocycles. The number of amides is 2. The lowest BCUT2D eigenvalue weighted by Crippen LogP contribution is -2.47. The second kappa shape index (κ2) is 12.3. The minimum Gasteiger partial charge on any atom is -0.398 e. The lowest BCUT2D eigenvalue weighted by Gasteiger charge is -2.22. The van der Waals surface area contributed by atoms with E-state index in [2.05, 4.69) is 10.6 Å². The van der Waals surface area contributed by atoms with Crippen molar-refractivity contribution in [2.45, 2.75) is 37.6 Å². The number of benzene rings is 2. The summed E-state index contributed by atoms with van der Waals surface area (Å²) in [6.07, 6.45) is 0.762. The number of nitrogens with zero attached hydrogens (tertiary/aromatic N) is 1. The molecule has 0 aliphatic carbocycles. The highest BCUT2D eigenvalue weighted by molar-refractivity contribution is 7.89. The first-order valence-electron chi connectivity index (χ1n) is 11.6. The minimum absolute atomic E-state index is 0.0104. The van der Waals surface area contributed by atoms with E-state index in [1.54, 1.807) is 12.1 Å². The normalized spacial score (nSPS) is 12.7. The molecule has 0 aliphatic rings. The molecule has 0 aliphatic heterocycles. The van der Waals surface area contributed by atoms with E-state index in [9.17, 15) is 18.0 Å². The Kier molecular flexibility index (Phi) is 9.43. The average Bonchev–Trinajstić information content (AvgIpc) is 3.28. The predicted molar refractivity (Wildman–Crippen MR) is 142 cm³/mol. The van der Waals surface area contributed by atoms with Gasteiger partial charge in [0.1, 0.15) is 10.9 Å². The molecule has 11 heteroatoms. The second-order valence-electron chi connectivity index (χ2n) is 8.70. The number of anilines is 1. The van der Waals surface area contributed by atoms with Crippen LogP contribution in [0.25, 0.3) is 10.1 Å². The van der Waals surface area contributed by atoms with Crippen LogP contribution in [-0.4, -0.2) is 50.9 Å². The fourth-order valence-corrected chi connectivity index (χ4v) is 6.07. The van der Waals surface area contributed by atoms with Crippen LogP contribution in [0.1, 0.15) is 36.4 Å². The van der Waals surface area contributed by atoms with Crippen molar-refractivity contribution in [3.05, 3.63) is 59.5 Å². The molecule has 0 spiro atoms. The van der Waals surface area contributed by atoms with E-state index in [1.807, 2.05) is 44.2 Å². The lowest BCUT2D eigenvalue weighted by atomic mass is 10.0. The summed E-state index contributed by atoms with van der Waals surface area (Å²) in [5, 5.41) is 6.63. The van der Waals surface area contributed by atoms with Gasteiger partial charge in [-0.2, -0.15) is 0 Å². The molecule has 0 bridgehead atoms. The molecule has 0 fully saturated rings. The Hall–Kier alpha value is -2.99. The summed E-state index contributed by atoms with van der Waals surface area (Å²) in [4.78, 5) is 31.3. The van der Waals surface area contributed by atoms with Crippen LogP contribution in [-0.2, 0) is 19.7 Å². The monoisotopic (exact) mass is 532 g/mol. The van der Waals surface area contributed by atoms with Gasteiger partial charge < -0.3 is 16.4 Å². The minimum atomic E-state index is -3.95. The number of nitrogens with one attached hydrogen (secondary N) is 2. The van der Waals surface area contributed by atoms with Crippen molar-refractivity contribution in [1.29, 1.82) is 0 Å². The largest absolute Gasteiger partial charge is 0.398 e. The Balaban J connectivity index is 1.58. The van der Waals surface area contributed by atoms with Crippen molar-refractivity contribution in [1.82, 2.24) is 15.1 Å². The summed E-state index contributed by atoms with van der Waals surface area (Å²) in [5.41, 5.74) is 5.94. The van der Waals surface area contributed by atoms with Crippen LogP contribution in [0.2, 0.25) is 0 Å². The maximum absolute atomic E-state index is 12.9. The molecule has 1 heterocycles. The lowest BCUT2D eigenvalue weighted by molar-refractivity contribution is -0.123. The van der Waals surface area contributed by atoms with Gasteiger partial charge in [0.05, 0.1) is 17.7 Å². The van der Waals surface area contributed by atoms with Gasteiger partial charge in [-0.3, -0.25) is 14.4 Å². The van der Waals surface area contributed by atoms with Gasteiger partial charge in [0, 0.05) is 17.8 Å². The Morgan fingerprint density at radius 2 is 1.81 bits per heavy atom. The van der Waals surface area contributed by atoms with Gasteiger partial charge in [-0.25, -0.2) is 8.42 Å². The first-order chi connectivity index (χ1) is 17.1. The molecule has 2 amide bonds. The number of fused-ring (bicyclic) bond motifs is 1. The molecule has 194 valence electrons. The van der Waals surface area contributed by atoms with E-state index in [4.69, 9.17) is 10.6 Å². The Morgan fingerprint density at radius 1 is 1.11 bits per heavy atom. The Bertz CT molecular complexity index is 1270. The Morgan fingerprint density at radius 3 is 2.47 bits per heavy atom. The van der Waals surface area contributed by atoms with Gasteiger partial charge in [-0.05, 0) is 48.4 Å². The molecule has 0 radical (unpaired) electrons. The van der Waals surface area contributed by atoms with Crippen molar-refractivity contribution < 1.29 is 22.8 Å². The molecule has 36 heavy (non-hydrogen) atoms. The van der Waals surface area contributed by atoms with Crippen LogP contribution in [0, 0.1) is 5.92 Å². The quantitative estimate of drug-likeness (QED) is 0.186. The van der Waals surface area contributed by atoms with Crippen molar-refractivity contribution in [2.24, 2.45) is 5.92 Å². The summed E-state index contributed by atoms with van der Waals surface area (Å²) >= 11 is 1.38. The molecule has 3 rings (SSSR count). The molecule has 1 atom stereocenters. The van der Waals surface area contributed by atoms with Crippen LogP contribution in [0.3, 0.4) is 0 Å². The molecule has 2 aromatic carbocycles. The number of sulfonamides is 1. The van der Waals surface area contributed by atoms with Gasteiger partial charge in [0.15, 0.2) is 0 Å². The number of hydrogen-bond donors (Lipinski definition) is 3. The van der Waals surface area contributed by atoms with Gasteiger partial charge in [-0.1, -0.05) is 48.6 Å². The number of para-hydroxylation sites is 1. The highest BCUT2D eigenvalue weighted by Crippen LogP contribution is 2.25. The summed E-state index contributed by atoms with van der Waals surface area (Å²) in [7, 11) is -2.69. The van der Waals surface area contributed by atoms with Crippen LogP contribution >= 0.6 is 11.3 Å². The van der Waals surface area contributed by atoms with Crippen molar-refractivity contribution in [2.75, 3.05) is 25.9 Å². The van der Waals surface area contributed by atoms with Crippen molar-refractivity contribution >= 4 is 48.9 Å². The van der Waals surface area contributed by atoms with E-state index in [0.717, 1.165) is 14.6 Å². The third-order valence-electron chi connectivity index (χ3n) is 5.46. The highest BCUT2D eigenvalue weighted by atomic mass is 32.2. The number of nitrogens with two attached hydrogens (primary N) is 1.